The zero-order valence-corrected chi connectivity index (χ0v) is 35.7. The summed E-state index contributed by atoms with van der Waals surface area (Å²) in [4.78, 5) is 25.1. The maximum atomic E-state index is 12.7. The summed E-state index contributed by atoms with van der Waals surface area (Å²) < 4.78 is 17.2. The Hall–Kier alpha value is -2.40. The standard InChI is InChI=1S/C49H86O5/c1-4-7-10-13-16-19-21-23-25-27-29-31-33-36-39-42-48(50)53-46-47(45-52-44-41-38-35-18-15-12-9-6-3)54-49(51)43-40-37-34-32-30-28-26-24-22-20-17-14-11-8-5-2/h7,10,16,19,23,25,29,31,36,39,47H,4-6,8-9,11-15,17-18,20-22,24,26-28,30,32-35,37-38,40-46H2,1-3H3/b10-7-,19-16-,25-23-,31-29-,39-36-. The number of hydrogen-bond donors (Lipinski definition) is 0. The van der Waals surface area contributed by atoms with Crippen LogP contribution in [0.2, 0.25) is 0 Å². The van der Waals surface area contributed by atoms with Crippen molar-refractivity contribution in [1.29, 1.82) is 0 Å². The van der Waals surface area contributed by atoms with E-state index in [0.717, 1.165) is 57.8 Å². The minimum Gasteiger partial charge on any atom is -0.461 e. The number of hydrogen-bond acceptors (Lipinski definition) is 5. The third-order valence-electron chi connectivity index (χ3n) is 9.60. The fourth-order valence-electron chi connectivity index (χ4n) is 6.23. The Morgan fingerprint density at radius 3 is 1.26 bits per heavy atom. The van der Waals surface area contributed by atoms with E-state index in [1.165, 1.54) is 122 Å². The molecule has 5 nitrogen and oxygen atoms in total. The van der Waals surface area contributed by atoms with Crippen LogP contribution < -0.4 is 0 Å². The lowest BCUT2D eigenvalue weighted by atomic mass is 10.0. The van der Waals surface area contributed by atoms with Crippen LogP contribution in [0.15, 0.2) is 60.8 Å². The van der Waals surface area contributed by atoms with Crippen LogP contribution in [0.3, 0.4) is 0 Å². The third kappa shape index (κ3) is 42.3. The van der Waals surface area contributed by atoms with Gasteiger partial charge in [0.15, 0.2) is 6.10 Å². The molecule has 0 heterocycles. The zero-order valence-electron chi connectivity index (χ0n) is 35.7. The normalized spacial score (nSPS) is 12.7. The van der Waals surface area contributed by atoms with Crippen molar-refractivity contribution >= 4 is 11.9 Å². The predicted molar refractivity (Wildman–Crippen MR) is 233 cm³/mol. The van der Waals surface area contributed by atoms with Gasteiger partial charge in [0.2, 0.25) is 0 Å². The maximum absolute atomic E-state index is 12.7. The second-order valence-corrected chi connectivity index (χ2v) is 15.0. The molecular formula is C49H86O5. The molecule has 1 unspecified atom stereocenters. The van der Waals surface area contributed by atoms with Crippen molar-refractivity contribution in [3.63, 3.8) is 0 Å². The number of esters is 2. The summed E-state index contributed by atoms with van der Waals surface area (Å²) in [7, 11) is 0. The second kappa shape index (κ2) is 45.0. The van der Waals surface area contributed by atoms with E-state index in [-0.39, 0.29) is 31.6 Å². The Balaban J connectivity index is 4.31. The Kier molecular flexibility index (Phi) is 43.0. The molecule has 0 bridgehead atoms. The Morgan fingerprint density at radius 2 is 0.815 bits per heavy atom. The number of ether oxygens (including phenoxy) is 3. The first-order valence-corrected chi connectivity index (χ1v) is 22.8. The molecule has 0 saturated heterocycles. The number of unbranched alkanes of at least 4 members (excludes halogenated alkanes) is 21. The van der Waals surface area contributed by atoms with Crippen LogP contribution in [0.4, 0.5) is 0 Å². The second-order valence-electron chi connectivity index (χ2n) is 15.0. The highest BCUT2D eigenvalue weighted by Crippen LogP contribution is 2.14. The van der Waals surface area contributed by atoms with Crippen molar-refractivity contribution in [3.8, 4) is 0 Å². The fourth-order valence-corrected chi connectivity index (χ4v) is 6.23. The predicted octanol–water partition coefficient (Wildman–Crippen LogP) is 15.0. The van der Waals surface area contributed by atoms with Crippen LogP contribution in [-0.2, 0) is 23.8 Å². The van der Waals surface area contributed by atoms with Gasteiger partial charge in [-0.15, -0.1) is 0 Å². The molecule has 0 N–H and O–H groups in total. The Labute approximate surface area is 334 Å². The molecular weight excluding hydrogens is 669 g/mol. The van der Waals surface area contributed by atoms with Crippen molar-refractivity contribution in [2.24, 2.45) is 0 Å². The molecule has 0 amide bonds. The lowest BCUT2D eigenvalue weighted by Gasteiger charge is -2.18. The van der Waals surface area contributed by atoms with Crippen molar-refractivity contribution in [2.75, 3.05) is 19.8 Å². The highest BCUT2D eigenvalue weighted by molar-refractivity contribution is 5.71. The molecule has 312 valence electrons. The molecule has 0 aromatic carbocycles. The van der Waals surface area contributed by atoms with Crippen LogP contribution >= 0.6 is 0 Å². The molecule has 0 aliphatic heterocycles. The summed E-state index contributed by atoms with van der Waals surface area (Å²) in [6, 6.07) is 0. The maximum Gasteiger partial charge on any atom is 0.309 e. The first-order valence-electron chi connectivity index (χ1n) is 22.8. The van der Waals surface area contributed by atoms with Gasteiger partial charge in [-0.2, -0.15) is 0 Å². The lowest BCUT2D eigenvalue weighted by Crippen LogP contribution is -2.30. The van der Waals surface area contributed by atoms with Gasteiger partial charge in [-0.3, -0.25) is 9.59 Å². The van der Waals surface area contributed by atoms with Crippen molar-refractivity contribution in [2.45, 2.75) is 219 Å². The van der Waals surface area contributed by atoms with Gasteiger partial charge >= 0.3 is 11.9 Å². The minimum absolute atomic E-state index is 0.0333. The zero-order chi connectivity index (χ0) is 39.3. The van der Waals surface area contributed by atoms with E-state index in [9.17, 15) is 9.59 Å². The quantitative estimate of drug-likeness (QED) is 0.0353. The topological polar surface area (TPSA) is 61.8 Å². The van der Waals surface area contributed by atoms with E-state index in [0.29, 0.717) is 13.0 Å². The summed E-state index contributed by atoms with van der Waals surface area (Å²) in [5, 5.41) is 0. The van der Waals surface area contributed by atoms with Crippen molar-refractivity contribution in [1.82, 2.24) is 0 Å². The van der Waals surface area contributed by atoms with Gasteiger partial charge in [0.1, 0.15) is 6.61 Å². The Morgan fingerprint density at radius 1 is 0.426 bits per heavy atom. The molecule has 0 aliphatic carbocycles. The van der Waals surface area contributed by atoms with E-state index in [4.69, 9.17) is 14.2 Å². The van der Waals surface area contributed by atoms with Crippen LogP contribution in [-0.4, -0.2) is 37.9 Å². The van der Waals surface area contributed by atoms with Gasteiger partial charge in [-0.05, 0) is 44.9 Å². The summed E-state index contributed by atoms with van der Waals surface area (Å²) in [6.07, 6.45) is 55.3. The Bertz CT molecular complexity index is 946. The van der Waals surface area contributed by atoms with E-state index >= 15 is 0 Å². The first kappa shape index (κ1) is 51.6. The highest BCUT2D eigenvalue weighted by Gasteiger charge is 2.17. The largest absolute Gasteiger partial charge is 0.461 e. The summed E-state index contributed by atoms with van der Waals surface area (Å²) in [6.45, 7) is 7.60. The van der Waals surface area contributed by atoms with Crippen LogP contribution in [0, 0.1) is 0 Å². The molecule has 0 aromatic rings. The van der Waals surface area contributed by atoms with E-state index in [2.05, 4.69) is 69.4 Å². The molecule has 0 aliphatic rings. The SMILES string of the molecule is CC/C=C\C/C=C\C/C=C\C/C=C\C/C=C\CC(=O)OCC(COCCCCCCCCCC)OC(=O)CCCCCCCCCCCCCCCCC. The fraction of sp³-hybridized carbons (Fsp3) is 0.755. The number of allylic oxidation sites excluding steroid dienone is 9. The summed E-state index contributed by atoms with van der Waals surface area (Å²) in [5.74, 6) is -0.540. The van der Waals surface area contributed by atoms with Gasteiger partial charge in [0.25, 0.3) is 0 Å². The molecule has 0 spiro atoms. The number of carbonyl (C=O) groups is 2. The molecule has 0 rings (SSSR count). The lowest BCUT2D eigenvalue weighted by molar-refractivity contribution is -0.162. The number of rotatable bonds is 41. The van der Waals surface area contributed by atoms with Gasteiger partial charge in [-0.1, -0.05) is 216 Å². The van der Waals surface area contributed by atoms with Gasteiger partial charge in [0, 0.05) is 13.0 Å². The van der Waals surface area contributed by atoms with Gasteiger partial charge in [0.05, 0.1) is 13.0 Å². The van der Waals surface area contributed by atoms with Gasteiger partial charge < -0.3 is 14.2 Å². The first-order chi connectivity index (χ1) is 26.6. The van der Waals surface area contributed by atoms with Crippen molar-refractivity contribution < 1.29 is 23.8 Å². The average Bonchev–Trinajstić information content (AvgIpc) is 3.17. The van der Waals surface area contributed by atoms with Gasteiger partial charge in [-0.25, -0.2) is 0 Å². The van der Waals surface area contributed by atoms with Crippen LogP contribution in [0.5, 0.6) is 0 Å². The molecule has 0 saturated carbocycles. The highest BCUT2D eigenvalue weighted by atomic mass is 16.6. The van der Waals surface area contributed by atoms with E-state index in [1.54, 1.807) is 0 Å². The molecule has 5 heteroatoms. The monoisotopic (exact) mass is 755 g/mol. The summed E-state index contributed by atoms with van der Waals surface area (Å²) >= 11 is 0. The molecule has 54 heavy (non-hydrogen) atoms. The smallest absolute Gasteiger partial charge is 0.309 e. The van der Waals surface area contributed by atoms with Crippen LogP contribution in [0.25, 0.3) is 0 Å². The molecule has 1 atom stereocenters. The average molecular weight is 755 g/mol. The van der Waals surface area contributed by atoms with Crippen molar-refractivity contribution in [3.05, 3.63) is 60.8 Å². The molecule has 0 aromatic heterocycles. The molecule has 0 fully saturated rings. The minimum atomic E-state index is -0.569. The number of carbonyl (C=O) groups excluding carboxylic acids is 2. The molecule has 0 radical (unpaired) electrons. The van der Waals surface area contributed by atoms with E-state index in [1.807, 2.05) is 12.2 Å². The van der Waals surface area contributed by atoms with Crippen LogP contribution in [0.1, 0.15) is 213 Å². The van der Waals surface area contributed by atoms with E-state index < -0.39 is 6.10 Å². The summed E-state index contributed by atoms with van der Waals surface area (Å²) in [5.41, 5.74) is 0. The third-order valence-corrected chi connectivity index (χ3v) is 9.60.